The molecule has 28 heavy (non-hydrogen) atoms. The van der Waals surface area contributed by atoms with Crippen LogP contribution in [-0.4, -0.2) is 67.2 Å². The van der Waals surface area contributed by atoms with Gasteiger partial charge in [-0.25, -0.2) is 4.79 Å². The Kier molecular flexibility index (Phi) is 6.42. The van der Waals surface area contributed by atoms with E-state index in [0.717, 1.165) is 0 Å². The van der Waals surface area contributed by atoms with Crippen molar-refractivity contribution < 1.29 is 23.9 Å². The van der Waals surface area contributed by atoms with E-state index < -0.39 is 43.7 Å². The Labute approximate surface area is 166 Å². The first kappa shape index (κ1) is 22.2. The third-order valence-electron chi connectivity index (χ3n) is 4.99. The van der Waals surface area contributed by atoms with Gasteiger partial charge in [0.2, 0.25) is 17.7 Å². The van der Waals surface area contributed by atoms with Crippen LogP contribution in [0, 0.1) is 5.92 Å². The first-order valence-electron chi connectivity index (χ1n) is 9.66. The highest BCUT2D eigenvalue weighted by Gasteiger charge is 2.47. The lowest BCUT2D eigenvalue weighted by atomic mass is 9.97. The van der Waals surface area contributed by atoms with Gasteiger partial charge in [0, 0.05) is 18.6 Å². The number of hydrogen-bond donors (Lipinski definition) is 3. The van der Waals surface area contributed by atoms with Gasteiger partial charge < -0.3 is 21.1 Å². The fourth-order valence-corrected chi connectivity index (χ4v) is 6.54. The molecule has 9 nitrogen and oxygen atoms in total. The van der Waals surface area contributed by atoms with E-state index in [-0.39, 0.29) is 18.2 Å². The number of nitrogens with one attached hydrogen (secondary N) is 2. The number of carbonyl (C=O) groups excluding carboxylic acids is 4. The molecular formula is C18H32N4O5Si. The van der Waals surface area contributed by atoms with E-state index in [1.807, 2.05) is 0 Å². The molecule has 0 aromatic rings. The van der Waals surface area contributed by atoms with Crippen molar-refractivity contribution in [1.29, 1.82) is 0 Å². The zero-order valence-electron chi connectivity index (χ0n) is 17.3. The van der Waals surface area contributed by atoms with Gasteiger partial charge in [0.1, 0.15) is 17.7 Å². The largest absolute Gasteiger partial charge is 0.444 e. The van der Waals surface area contributed by atoms with Crippen LogP contribution in [0.4, 0.5) is 4.79 Å². The van der Waals surface area contributed by atoms with Gasteiger partial charge in [-0.15, -0.1) is 0 Å². The molecule has 0 aromatic heterocycles. The van der Waals surface area contributed by atoms with Crippen molar-refractivity contribution in [1.82, 2.24) is 15.5 Å². The summed E-state index contributed by atoms with van der Waals surface area (Å²) in [7, 11) is -1.81. The molecule has 10 heteroatoms. The molecule has 0 unspecified atom stereocenters. The molecule has 0 aromatic carbocycles. The molecule has 158 valence electrons. The quantitative estimate of drug-likeness (QED) is 0.561. The first-order valence-corrected chi connectivity index (χ1v) is 13.1. The molecule has 0 saturated carbocycles. The van der Waals surface area contributed by atoms with Gasteiger partial charge in [-0.05, 0) is 39.7 Å². The minimum Gasteiger partial charge on any atom is -0.444 e. The third kappa shape index (κ3) is 5.70. The summed E-state index contributed by atoms with van der Waals surface area (Å²) in [5.74, 6) is -1.60. The Morgan fingerprint density at radius 3 is 2.50 bits per heavy atom. The van der Waals surface area contributed by atoms with Gasteiger partial charge in [-0.2, -0.15) is 0 Å². The molecule has 2 aliphatic heterocycles. The molecule has 0 spiro atoms. The Morgan fingerprint density at radius 1 is 1.36 bits per heavy atom. The van der Waals surface area contributed by atoms with Crippen molar-refractivity contribution in [2.24, 2.45) is 11.7 Å². The van der Waals surface area contributed by atoms with Gasteiger partial charge in [-0.1, -0.05) is 13.1 Å². The summed E-state index contributed by atoms with van der Waals surface area (Å²) >= 11 is 0. The van der Waals surface area contributed by atoms with Gasteiger partial charge in [0.25, 0.3) is 0 Å². The lowest BCUT2D eigenvalue weighted by Crippen LogP contribution is -2.53. The summed E-state index contributed by atoms with van der Waals surface area (Å²) in [5.41, 5.74) is 4.79. The fraction of sp³-hybridized carbons (Fsp3) is 0.778. The van der Waals surface area contributed by atoms with Crippen molar-refractivity contribution in [3.63, 3.8) is 0 Å². The average molecular weight is 413 g/mol. The summed E-state index contributed by atoms with van der Waals surface area (Å²) in [6, 6.07) is -1.07. The average Bonchev–Trinajstić information content (AvgIpc) is 3.07. The number of primary amides is 1. The maximum Gasteiger partial charge on any atom is 0.410 e. The smallest absolute Gasteiger partial charge is 0.410 e. The van der Waals surface area contributed by atoms with Crippen molar-refractivity contribution in [3.8, 4) is 0 Å². The van der Waals surface area contributed by atoms with Gasteiger partial charge in [-0.3, -0.25) is 19.3 Å². The highest BCUT2D eigenvalue weighted by Crippen LogP contribution is 2.29. The first-order chi connectivity index (χ1) is 12.8. The number of nitrogens with zero attached hydrogens (tertiary/aromatic N) is 1. The van der Waals surface area contributed by atoms with Crippen LogP contribution in [0.1, 0.15) is 33.6 Å². The van der Waals surface area contributed by atoms with E-state index in [1.54, 1.807) is 20.8 Å². The molecule has 2 saturated heterocycles. The second kappa shape index (κ2) is 8.10. The number of amides is 4. The molecule has 2 fully saturated rings. The van der Waals surface area contributed by atoms with E-state index in [2.05, 4.69) is 23.7 Å². The Balaban J connectivity index is 2.10. The molecular weight excluding hydrogens is 380 g/mol. The van der Waals surface area contributed by atoms with Crippen LogP contribution < -0.4 is 16.4 Å². The monoisotopic (exact) mass is 412 g/mol. The molecule has 0 aliphatic carbocycles. The predicted molar refractivity (Wildman–Crippen MR) is 106 cm³/mol. The molecule has 4 N–H and O–H groups in total. The van der Waals surface area contributed by atoms with E-state index in [0.29, 0.717) is 25.2 Å². The fourth-order valence-electron chi connectivity index (χ4n) is 3.68. The maximum atomic E-state index is 12.9. The second-order valence-corrected chi connectivity index (χ2v) is 14.5. The van der Waals surface area contributed by atoms with Crippen LogP contribution in [0.3, 0.4) is 0 Å². The van der Waals surface area contributed by atoms with Crippen molar-refractivity contribution >= 4 is 31.9 Å². The molecule has 4 amide bonds. The summed E-state index contributed by atoms with van der Waals surface area (Å²) in [4.78, 5) is 50.7. The zero-order chi connectivity index (χ0) is 21.3. The second-order valence-electron chi connectivity index (χ2n) is 9.47. The minimum atomic E-state index is -1.81. The summed E-state index contributed by atoms with van der Waals surface area (Å²) in [5, 5.41) is 5.38. The van der Waals surface area contributed by atoms with E-state index in [1.165, 1.54) is 4.90 Å². The van der Waals surface area contributed by atoms with E-state index in [4.69, 9.17) is 10.5 Å². The number of ether oxygens (including phenoxy) is 1. The summed E-state index contributed by atoms with van der Waals surface area (Å²) in [6.45, 7) is 10.1. The SMILES string of the molecule is CC(C)(C)OC(=O)N1C[Si](C)(C)C[C@H]1C(=O)N[C@@H](C[C@@H]1CCNC1=O)C(N)=O. The van der Waals surface area contributed by atoms with Crippen LogP contribution in [-0.2, 0) is 19.1 Å². The van der Waals surface area contributed by atoms with Gasteiger partial charge in [0.05, 0.1) is 8.07 Å². The molecule has 2 aliphatic rings. The summed E-state index contributed by atoms with van der Waals surface area (Å²) < 4.78 is 5.45. The zero-order valence-corrected chi connectivity index (χ0v) is 18.3. The Hall–Kier alpha value is -2.10. The molecule has 0 bridgehead atoms. The maximum absolute atomic E-state index is 12.9. The molecule has 2 rings (SSSR count). The third-order valence-corrected chi connectivity index (χ3v) is 7.68. The van der Waals surface area contributed by atoms with E-state index >= 15 is 0 Å². The molecule has 3 atom stereocenters. The normalized spacial score (nSPS) is 25.2. The highest BCUT2D eigenvalue weighted by molar-refractivity contribution is 6.79. The lowest BCUT2D eigenvalue weighted by Gasteiger charge is -2.29. The number of rotatable bonds is 5. The minimum absolute atomic E-state index is 0.134. The standard InChI is InChI=1S/C18H32N4O5Si/c1-18(2,3)27-17(26)22-10-28(4,5)9-13(22)16(25)21-12(14(19)23)8-11-6-7-20-15(11)24/h11-13H,6-10H2,1-5H3,(H2,19,23)(H,20,24)(H,21,25)/t11-,12-,13-/m0/s1. The number of hydrogen-bond acceptors (Lipinski definition) is 5. The lowest BCUT2D eigenvalue weighted by molar-refractivity contribution is -0.131. The topological polar surface area (TPSA) is 131 Å². The van der Waals surface area contributed by atoms with Crippen LogP contribution in [0.2, 0.25) is 19.1 Å². The van der Waals surface area contributed by atoms with Crippen LogP contribution >= 0.6 is 0 Å². The molecule has 0 radical (unpaired) electrons. The van der Waals surface area contributed by atoms with Crippen LogP contribution in [0.15, 0.2) is 0 Å². The van der Waals surface area contributed by atoms with E-state index in [9.17, 15) is 19.2 Å². The van der Waals surface area contributed by atoms with Gasteiger partial charge in [0.15, 0.2) is 0 Å². The number of nitrogens with two attached hydrogens (primary N) is 1. The number of carbonyl (C=O) groups is 4. The highest BCUT2D eigenvalue weighted by atomic mass is 28.3. The van der Waals surface area contributed by atoms with Crippen molar-refractivity contribution in [3.05, 3.63) is 0 Å². The van der Waals surface area contributed by atoms with Crippen molar-refractivity contribution in [2.45, 2.75) is 70.4 Å². The van der Waals surface area contributed by atoms with Crippen LogP contribution in [0.5, 0.6) is 0 Å². The Morgan fingerprint density at radius 2 is 2.00 bits per heavy atom. The van der Waals surface area contributed by atoms with Crippen molar-refractivity contribution in [2.75, 3.05) is 12.7 Å². The predicted octanol–water partition coefficient (Wildman–Crippen LogP) is 0.350. The summed E-state index contributed by atoms with van der Waals surface area (Å²) in [6.07, 6.45) is 0.738. The van der Waals surface area contributed by atoms with Gasteiger partial charge >= 0.3 is 6.09 Å². The van der Waals surface area contributed by atoms with Crippen LogP contribution in [0.25, 0.3) is 0 Å². The Bertz CT molecular complexity index is 661. The molecule has 2 heterocycles.